The minimum absolute atomic E-state index is 0.0473. The van der Waals surface area contributed by atoms with E-state index in [-0.39, 0.29) is 42.7 Å². The minimum Gasteiger partial charge on any atom is -0.544 e. The summed E-state index contributed by atoms with van der Waals surface area (Å²) in [5.74, 6) is -1.71. The third kappa shape index (κ3) is 47.1. The number of carboxylic acid groups (broad SMARTS) is 1. The molecule has 0 rings (SSSR count). The molecular formula is C58H111NO7. The number of hydrogen-bond acceptors (Lipinski definition) is 7. The van der Waals surface area contributed by atoms with Crippen LogP contribution in [0.1, 0.15) is 290 Å². The largest absolute Gasteiger partial charge is 0.544 e. The van der Waals surface area contributed by atoms with E-state index in [2.05, 4.69) is 26.0 Å². The molecule has 2 atom stereocenters. The molecule has 0 spiro atoms. The molecule has 0 aromatic heterocycles. The number of aliphatic carboxylic acids is 1. The van der Waals surface area contributed by atoms with E-state index in [1.807, 2.05) is 21.1 Å². The van der Waals surface area contributed by atoms with Crippen LogP contribution >= 0.6 is 0 Å². The van der Waals surface area contributed by atoms with Crippen LogP contribution in [0.15, 0.2) is 12.2 Å². The van der Waals surface area contributed by atoms with Crippen LogP contribution in [0.3, 0.4) is 0 Å². The maximum absolute atomic E-state index is 12.8. The van der Waals surface area contributed by atoms with Crippen molar-refractivity contribution >= 4 is 17.9 Å². The minimum atomic E-state index is -1.12. The van der Waals surface area contributed by atoms with E-state index < -0.39 is 18.1 Å². The molecule has 0 saturated carbocycles. The zero-order valence-electron chi connectivity index (χ0n) is 44.6. The number of ether oxygens (including phenoxy) is 3. The molecule has 0 aromatic carbocycles. The molecule has 66 heavy (non-hydrogen) atoms. The number of esters is 2. The van der Waals surface area contributed by atoms with E-state index in [9.17, 15) is 19.5 Å². The Hall–Kier alpha value is -1.93. The Labute approximate surface area is 409 Å². The number of allylic oxidation sites excluding steroid dienone is 2. The summed E-state index contributed by atoms with van der Waals surface area (Å²) in [7, 11) is 5.44. The third-order valence-corrected chi connectivity index (χ3v) is 13.4. The van der Waals surface area contributed by atoms with Gasteiger partial charge in [0.2, 0.25) is 0 Å². The average molecular weight is 935 g/mol. The summed E-state index contributed by atoms with van der Waals surface area (Å²) in [6.45, 7) is 4.73. The van der Waals surface area contributed by atoms with Gasteiger partial charge >= 0.3 is 11.9 Å². The van der Waals surface area contributed by atoms with Crippen molar-refractivity contribution < 1.29 is 38.2 Å². The Bertz CT molecular complexity index is 1090. The summed E-state index contributed by atoms with van der Waals surface area (Å²) in [5.41, 5.74) is 0. The normalized spacial score (nSPS) is 12.8. The van der Waals surface area contributed by atoms with Crippen LogP contribution in [0.2, 0.25) is 0 Å². The van der Waals surface area contributed by atoms with Crippen LogP contribution < -0.4 is 5.11 Å². The Morgan fingerprint density at radius 3 is 1.09 bits per heavy atom. The summed E-state index contributed by atoms with van der Waals surface area (Å²) < 4.78 is 17.3. The Kier molecular flexibility index (Phi) is 48.0. The average Bonchev–Trinajstić information content (AvgIpc) is 3.28. The fourth-order valence-corrected chi connectivity index (χ4v) is 8.95. The highest BCUT2D eigenvalue weighted by molar-refractivity contribution is 5.70. The molecule has 390 valence electrons. The van der Waals surface area contributed by atoms with Crippen LogP contribution in [0.5, 0.6) is 0 Å². The summed E-state index contributed by atoms with van der Waals surface area (Å²) in [4.78, 5) is 37.1. The summed E-state index contributed by atoms with van der Waals surface area (Å²) in [6.07, 6.45) is 56.8. The number of carbonyl (C=O) groups is 3. The summed E-state index contributed by atoms with van der Waals surface area (Å²) >= 11 is 0. The van der Waals surface area contributed by atoms with Crippen molar-refractivity contribution in [1.29, 1.82) is 0 Å². The van der Waals surface area contributed by atoms with E-state index >= 15 is 0 Å². The maximum atomic E-state index is 12.8. The molecule has 0 aromatic rings. The quantitative estimate of drug-likeness (QED) is 0.0259. The van der Waals surface area contributed by atoms with Crippen LogP contribution in [0.25, 0.3) is 0 Å². The highest BCUT2D eigenvalue weighted by Crippen LogP contribution is 2.17. The first kappa shape index (κ1) is 64.1. The van der Waals surface area contributed by atoms with E-state index in [4.69, 9.17) is 14.2 Å². The van der Waals surface area contributed by atoms with E-state index in [1.54, 1.807) is 0 Å². The van der Waals surface area contributed by atoms with Crippen molar-refractivity contribution in [1.82, 2.24) is 0 Å². The molecule has 0 aliphatic heterocycles. The van der Waals surface area contributed by atoms with Crippen LogP contribution in [0.4, 0.5) is 0 Å². The zero-order chi connectivity index (χ0) is 48.4. The van der Waals surface area contributed by atoms with E-state index in [1.165, 1.54) is 218 Å². The number of nitrogens with zero attached hydrogens (tertiary/aromatic N) is 1. The molecule has 0 saturated heterocycles. The lowest BCUT2D eigenvalue weighted by atomic mass is 10.0. The lowest BCUT2D eigenvalue weighted by Crippen LogP contribution is -2.55. The standard InChI is InChI=1S/C58H111NO7/c1-6-8-10-12-14-16-18-20-22-24-26-27-28-29-31-33-35-37-39-41-43-45-47-49-57(61)66-54(52-64-51-50-55(58(62)63)59(3,4)5)53-65-56(60)48-46-44-42-40-38-36-34-32-30-25-23-21-19-17-15-13-11-9-7-2/h24,26,54-55H,6-23,25,27-53H2,1-5H3/b26-24-. The molecule has 0 amide bonds. The highest BCUT2D eigenvalue weighted by Gasteiger charge is 2.25. The first-order valence-electron chi connectivity index (χ1n) is 28.7. The summed E-state index contributed by atoms with van der Waals surface area (Å²) in [5, 5.41) is 11.7. The number of unbranched alkanes of at least 4 members (excludes halogenated alkanes) is 37. The second-order valence-electron chi connectivity index (χ2n) is 20.9. The van der Waals surface area contributed by atoms with Crippen molar-refractivity contribution in [3.63, 3.8) is 0 Å². The van der Waals surface area contributed by atoms with Gasteiger partial charge in [-0.1, -0.05) is 244 Å². The molecular weight excluding hydrogens is 823 g/mol. The molecule has 0 aliphatic carbocycles. The van der Waals surface area contributed by atoms with E-state index in [0.717, 1.165) is 38.5 Å². The Balaban J connectivity index is 4.13. The lowest BCUT2D eigenvalue weighted by molar-refractivity contribution is -0.889. The van der Waals surface area contributed by atoms with Crippen LogP contribution in [-0.4, -0.2) is 75.5 Å². The van der Waals surface area contributed by atoms with Gasteiger partial charge in [-0.25, -0.2) is 0 Å². The van der Waals surface area contributed by atoms with Gasteiger partial charge in [-0.2, -0.15) is 0 Å². The monoisotopic (exact) mass is 934 g/mol. The Morgan fingerprint density at radius 2 is 0.758 bits per heavy atom. The third-order valence-electron chi connectivity index (χ3n) is 13.4. The van der Waals surface area contributed by atoms with Gasteiger partial charge in [0.15, 0.2) is 6.10 Å². The molecule has 0 aliphatic rings. The number of quaternary nitrogens is 1. The highest BCUT2D eigenvalue weighted by atomic mass is 16.6. The SMILES string of the molecule is CCCCCCCCCC/C=C\CCCCCCCCCCCCCC(=O)OC(COCCC(C(=O)[O-])[N+](C)(C)C)COC(=O)CCCCCCCCCCCCCCCCCCCCC. The molecule has 8 heteroatoms. The number of carboxylic acids is 1. The first-order chi connectivity index (χ1) is 32.1. The fraction of sp³-hybridized carbons (Fsp3) is 0.914. The van der Waals surface area contributed by atoms with Crippen molar-refractivity contribution in [2.45, 2.75) is 302 Å². The lowest BCUT2D eigenvalue weighted by Gasteiger charge is -2.34. The molecule has 0 heterocycles. The topological polar surface area (TPSA) is 102 Å². The first-order valence-corrected chi connectivity index (χ1v) is 28.7. The molecule has 0 bridgehead atoms. The zero-order valence-corrected chi connectivity index (χ0v) is 44.6. The summed E-state index contributed by atoms with van der Waals surface area (Å²) in [6, 6.07) is -0.723. The van der Waals surface area contributed by atoms with Crippen molar-refractivity contribution in [2.75, 3.05) is 41.0 Å². The molecule has 2 unspecified atom stereocenters. The van der Waals surface area contributed by atoms with Gasteiger partial charge in [0.25, 0.3) is 0 Å². The predicted octanol–water partition coefficient (Wildman–Crippen LogP) is 15.7. The van der Waals surface area contributed by atoms with Crippen molar-refractivity contribution in [3.8, 4) is 0 Å². The molecule has 0 N–H and O–H groups in total. The Morgan fingerprint density at radius 1 is 0.439 bits per heavy atom. The predicted molar refractivity (Wildman–Crippen MR) is 278 cm³/mol. The number of likely N-dealkylation sites (N-methyl/N-ethyl adjacent to an activating group) is 1. The van der Waals surface area contributed by atoms with Gasteiger partial charge in [-0.15, -0.1) is 0 Å². The fourth-order valence-electron chi connectivity index (χ4n) is 8.95. The number of hydrogen-bond donors (Lipinski definition) is 0. The smallest absolute Gasteiger partial charge is 0.306 e. The van der Waals surface area contributed by atoms with E-state index in [0.29, 0.717) is 12.8 Å². The maximum Gasteiger partial charge on any atom is 0.306 e. The van der Waals surface area contributed by atoms with Gasteiger partial charge in [0.05, 0.1) is 40.3 Å². The second kappa shape index (κ2) is 49.5. The van der Waals surface area contributed by atoms with Crippen molar-refractivity contribution in [3.05, 3.63) is 12.2 Å². The van der Waals surface area contributed by atoms with Gasteiger partial charge in [0.1, 0.15) is 12.6 Å². The van der Waals surface area contributed by atoms with Gasteiger partial charge in [0, 0.05) is 19.3 Å². The van der Waals surface area contributed by atoms with Crippen molar-refractivity contribution in [2.24, 2.45) is 0 Å². The number of rotatable bonds is 53. The second-order valence-corrected chi connectivity index (χ2v) is 20.9. The van der Waals surface area contributed by atoms with Gasteiger partial charge in [-0.05, 0) is 38.5 Å². The number of carbonyl (C=O) groups excluding carboxylic acids is 3. The van der Waals surface area contributed by atoms with Crippen LogP contribution in [-0.2, 0) is 28.6 Å². The van der Waals surface area contributed by atoms with Gasteiger partial charge in [-0.3, -0.25) is 9.59 Å². The molecule has 8 nitrogen and oxygen atoms in total. The van der Waals surface area contributed by atoms with Gasteiger partial charge < -0.3 is 28.6 Å². The van der Waals surface area contributed by atoms with Crippen LogP contribution in [0, 0.1) is 0 Å². The molecule has 0 fully saturated rings. The molecule has 0 radical (unpaired) electrons.